The van der Waals surface area contributed by atoms with Crippen LogP contribution in [0.15, 0.2) is 10.6 Å². The van der Waals surface area contributed by atoms with E-state index in [2.05, 4.69) is 15.0 Å². The van der Waals surface area contributed by atoms with Crippen molar-refractivity contribution in [3.05, 3.63) is 17.5 Å². The molecule has 0 aliphatic rings. The van der Waals surface area contributed by atoms with Gasteiger partial charge >= 0.3 is 5.97 Å². The van der Waals surface area contributed by atoms with Crippen LogP contribution in [0.25, 0.3) is 0 Å². The number of hydrogen-bond donors (Lipinski definition) is 3. The predicted molar refractivity (Wildman–Crippen MR) is 53.9 cm³/mol. The molecule has 1 heterocycles. The van der Waals surface area contributed by atoms with Crippen LogP contribution >= 0.6 is 0 Å². The molecule has 0 aliphatic heterocycles. The Kier molecular flexibility index (Phi) is 3.81. The van der Waals surface area contributed by atoms with Gasteiger partial charge in [0.05, 0.1) is 6.42 Å². The molecule has 1 unspecified atom stereocenters. The van der Waals surface area contributed by atoms with Crippen molar-refractivity contribution in [3.8, 4) is 0 Å². The van der Waals surface area contributed by atoms with Crippen molar-refractivity contribution in [3.63, 3.8) is 0 Å². The Morgan fingerprint density at radius 1 is 1.59 bits per heavy atom. The summed E-state index contributed by atoms with van der Waals surface area (Å²) in [6, 6.07) is -0.0320. The van der Waals surface area contributed by atoms with Crippen LogP contribution in [0.1, 0.15) is 22.7 Å². The Hall–Kier alpha value is -2.38. The quantitative estimate of drug-likeness (QED) is 0.607. The molecule has 0 saturated carbocycles. The molecule has 2 amide bonds. The van der Waals surface area contributed by atoms with E-state index in [0.717, 1.165) is 0 Å². The Morgan fingerprint density at radius 3 is 2.65 bits per heavy atom. The number of carboxylic acids is 1. The molecule has 0 fully saturated rings. The third kappa shape index (κ3) is 3.59. The second-order valence-corrected chi connectivity index (χ2v) is 3.36. The lowest BCUT2D eigenvalue weighted by Gasteiger charge is -2.10. The first-order valence-corrected chi connectivity index (χ1v) is 4.65. The monoisotopic (exact) mass is 241 g/mol. The molecule has 4 N–H and O–H groups in total. The van der Waals surface area contributed by atoms with Gasteiger partial charge in [0, 0.05) is 6.07 Å². The summed E-state index contributed by atoms with van der Waals surface area (Å²) in [4.78, 5) is 32.9. The molecule has 0 aromatic carbocycles. The molecule has 0 radical (unpaired) electrons. The number of nitrogens with one attached hydrogen (secondary N) is 1. The summed E-state index contributed by atoms with van der Waals surface area (Å²) in [5, 5.41) is 14.3. The third-order valence-corrected chi connectivity index (χ3v) is 1.87. The fourth-order valence-corrected chi connectivity index (χ4v) is 1.11. The maximum atomic E-state index is 11.5. The van der Waals surface area contributed by atoms with Gasteiger partial charge in [-0.3, -0.25) is 9.59 Å². The first kappa shape index (κ1) is 12.7. The number of primary amides is 1. The molecule has 1 aromatic heterocycles. The van der Waals surface area contributed by atoms with Crippen molar-refractivity contribution in [1.82, 2.24) is 10.5 Å². The van der Waals surface area contributed by atoms with Crippen LogP contribution < -0.4 is 11.1 Å². The fourth-order valence-electron chi connectivity index (χ4n) is 1.11. The molecule has 17 heavy (non-hydrogen) atoms. The minimum Gasteiger partial charge on any atom is -0.480 e. The van der Waals surface area contributed by atoms with Gasteiger partial charge in [-0.15, -0.1) is 0 Å². The number of aromatic nitrogens is 1. The Bertz CT molecular complexity index is 453. The summed E-state index contributed by atoms with van der Waals surface area (Å²) in [6.45, 7) is 1.59. The van der Waals surface area contributed by atoms with Crippen LogP contribution in [0.2, 0.25) is 0 Å². The van der Waals surface area contributed by atoms with Gasteiger partial charge in [-0.05, 0) is 6.92 Å². The summed E-state index contributed by atoms with van der Waals surface area (Å²) in [6.07, 6.45) is -0.488. The molecule has 92 valence electrons. The van der Waals surface area contributed by atoms with Gasteiger partial charge < -0.3 is 20.7 Å². The van der Waals surface area contributed by atoms with Crippen LogP contribution in [0, 0.1) is 6.92 Å². The standard InChI is InChI=1S/C9H11N3O5/c1-4-2-5(12-17-4)8(14)11-6(9(15)16)3-7(10)13/h2,6H,3H2,1H3,(H2,10,13)(H,11,14)(H,15,16). The van der Waals surface area contributed by atoms with Crippen molar-refractivity contribution in [1.29, 1.82) is 0 Å². The topological polar surface area (TPSA) is 136 Å². The van der Waals surface area contributed by atoms with E-state index in [9.17, 15) is 14.4 Å². The lowest BCUT2D eigenvalue weighted by molar-refractivity contribution is -0.140. The maximum absolute atomic E-state index is 11.5. The number of nitrogens with two attached hydrogens (primary N) is 1. The summed E-state index contributed by atoms with van der Waals surface area (Å²) < 4.78 is 4.66. The molecule has 1 atom stereocenters. The van der Waals surface area contributed by atoms with Gasteiger partial charge in [0.2, 0.25) is 5.91 Å². The number of rotatable bonds is 5. The van der Waals surface area contributed by atoms with E-state index in [1.807, 2.05) is 0 Å². The second-order valence-electron chi connectivity index (χ2n) is 3.36. The summed E-state index contributed by atoms with van der Waals surface area (Å²) in [7, 11) is 0. The van der Waals surface area contributed by atoms with E-state index in [0.29, 0.717) is 5.76 Å². The van der Waals surface area contributed by atoms with Gasteiger partial charge in [-0.25, -0.2) is 4.79 Å². The highest BCUT2D eigenvalue weighted by atomic mass is 16.5. The number of hydrogen-bond acceptors (Lipinski definition) is 5. The fraction of sp³-hybridized carbons (Fsp3) is 0.333. The van der Waals surface area contributed by atoms with Crippen LogP contribution in [-0.4, -0.2) is 34.1 Å². The van der Waals surface area contributed by atoms with E-state index < -0.39 is 30.2 Å². The highest BCUT2D eigenvalue weighted by molar-refractivity contribution is 5.96. The number of nitrogens with zero attached hydrogens (tertiary/aromatic N) is 1. The molecule has 1 aromatic rings. The molecule has 0 bridgehead atoms. The molecular weight excluding hydrogens is 230 g/mol. The smallest absolute Gasteiger partial charge is 0.326 e. The van der Waals surface area contributed by atoms with E-state index >= 15 is 0 Å². The predicted octanol–water partition coefficient (Wildman–Crippen LogP) is -0.959. The lowest BCUT2D eigenvalue weighted by atomic mass is 10.2. The average Bonchev–Trinajstić information content (AvgIpc) is 2.63. The van der Waals surface area contributed by atoms with Gasteiger partial charge in [-0.2, -0.15) is 0 Å². The van der Waals surface area contributed by atoms with Crippen LogP contribution in [0.5, 0.6) is 0 Å². The van der Waals surface area contributed by atoms with Crippen LogP contribution in [0.3, 0.4) is 0 Å². The Morgan fingerprint density at radius 2 is 2.24 bits per heavy atom. The SMILES string of the molecule is Cc1cc(C(=O)NC(CC(N)=O)C(=O)O)no1. The summed E-state index contributed by atoms with van der Waals surface area (Å²) >= 11 is 0. The van der Waals surface area contributed by atoms with Crippen LogP contribution in [-0.2, 0) is 9.59 Å². The van der Waals surface area contributed by atoms with Crippen molar-refractivity contribution < 1.29 is 24.0 Å². The number of aryl methyl sites for hydroxylation is 1. The van der Waals surface area contributed by atoms with E-state index in [4.69, 9.17) is 10.8 Å². The zero-order valence-corrected chi connectivity index (χ0v) is 8.97. The van der Waals surface area contributed by atoms with Crippen LogP contribution in [0.4, 0.5) is 0 Å². The second kappa shape index (κ2) is 5.10. The maximum Gasteiger partial charge on any atom is 0.326 e. The number of carboxylic acid groups (broad SMARTS) is 1. The average molecular weight is 241 g/mol. The van der Waals surface area contributed by atoms with Crippen molar-refractivity contribution in [2.45, 2.75) is 19.4 Å². The molecular formula is C9H11N3O5. The van der Waals surface area contributed by atoms with E-state index in [-0.39, 0.29) is 5.69 Å². The number of amides is 2. The van der Waals surface area contributed by atoms with Gasteiger partial charge in [0.1, 0.15) is 11.8 Å². The molecule has 0 saturated heterocycles. The van der Waals surface area contributed by atoms with E-state index in [1.165, 1.54) is 6.07 Å². The van der Waals surface area contributed by atoms with Crippen molar-refractivity contribution >= 4 is 17.8 Å². The molecule has 8 nitrogen and oxygen atoms in total. The molecule has 8 heteroatoms. The van der Waals surface area contributed by atoms with Gasteiger partial charge in [0.15, 0.2) is 5.69 Å². The summed E-state index contributed by atoms with van der Waals surface area (Å²) in [5.74, 6) is -2.50. The zero-order valence-electron chi connectivity index (χ0n) is 8.97. The number of aliphatic carboxylic acids is 1. The molecule has 0 spiro atoms. The normalized spacial score (nSPS) is 11.8. The first-order chi connectivity index (χ1) is 7.90. The molecule has 0 aliphatic carbocycles. The third-order valence-electron chi connectivity index (χ3n) is 1.87. The highest BCUT2D eigenvalue weighted by Crippen LogP contribution is 2.02. The zero-order chi connectivity index (χ0) is 13.0. The number of carbonyl (C=O) groups is 3. The Balaban J connectivity index is 2.70. The largest absolute Gasteiger partial charge is 0.480 e. The Labute approximate surface area is 95.8 Å². The van der Waals surface area contributed by atoms with Crippen molar-refractivity contribution in [2.24, 2.45) is 5.73 Å². The molecule has 1 rings (SSSR count). The van der Waals surface area contributed by atoms with Gasteiger partial charge in [0.25, 0.3) is 5.91 Å². The lowest BCUT2D eigenvalue weighted by Crippen LogP contribution is -2.43. The van der Waals surface area contributed by atoms with E-state index in [1.54, 1.807) is 6.92 Å². The van der Waals surface area contributed by atoms with Crippen molar-refractivity contribution in [2.75, 3.05) is 0 Å². The highest BCUT2D eigenvalue weighted by Gasteiger charge is 2.23. The van der Waals surface area contributed by atoms with Gasteiger partial charge in [-0.1, -0.05) is 5.16 Å². The minimum atomic E-state index is -1.38. The minimum absolute atomic E-state index is 0.0572. The summed E-state index contributed by atoms with van der Waals surface area (Å²) in [5.41, 5.74) is 4.80. The number of carbonyl (C=O) groups excluding carboxylic acids is 2. The first-order valence-electron chi connectivity index (χ1n) is 4.65.